The molecule has 0 aromatic heterocycles. The summed E-state index contributed by atoms with van der Waals surface area (Å²) >= 11 is 0. The highest BCUT2D eigenvalue weighted by Crippen LogP contribution is 2.27. The van der Waals surface area contributed by atoms with Gasteiger partial charge < -0.3 is 24.3 Å². The molecular weight excluding hydrogens is 379 g/mol. The summed E-state index contributed by atoms with van der Waals surface area (Å²) in [6, 6.07) is 10.3. The Labute approximate surface area is 160 Å². The summed E-state index contributed by atoms with van der Waals surface area (Å²) in [5, 5.41) is 2.70. The van der Waals surface area contributed by atoms with Gasteiger partial charge in [0, 0.05) is 6.54 Å². The summed E-state index contributed by atoms with van der Waals surface area (Å²) in [5.41, 5.74) is 0.958. The van der Waals surface area contributed by atoms with Crippen LogP contribution < -0.4 is 24.3 Å². The first-order valence-electron chi connectivity index (χ1n) is 8.27. The van der Waals surface area contributed by atoms with Gasteiger partial charge in [-0.3, -0.25) is 4.79 Å². The zero-order valence-electron chi connectivity index (χ0n) is 15.3. The molecule has 0 unspecified atom stereocenters. The minimum atomic E-state index is -4.75. The zero-order chi connectivity index (χ0) is 20.6. The van der Waals surface area contributed by atoms with E-state index in [4.69, 9.17) is 14.2 Å². The maximum atomic E-state index is 12.1. The maximum absolute atomic E-state index is 12.1. The minimum absolute atomic E-state index is 0.254. The van der Waals surface area contributed by atoms with Crippen LogP contribution in [0.2, 0.25) is 0 Å². The lowest BCUT2D eigenvalue weighted by Gasteiger charge is -2.11. The number of alkyl halides is 3. The van der Waals surface area contributed by atoms with Crippen LogP contribution in [0.5, 0.6) is 23.0 Å². The van der Waals surface area contributed by atoms with Crippen LogP contribution in [0.4, 0.5) is 13.2 Å². The van der Waals surface area contributed by atoms with Gasteiger partial charge in [-0.05, 0) is 48.4 Å². The van der Waals surface area contributed by atoms with E-state index in [1.54, 1.807) is 20.3 Å². The lowest BCUT2D eigenvalue weighted by Crippen LogP contribution is -2.30. The number of ether oxygens (including phenoxy) is 4. The Bertz CT molecular complexity index is 778. The Morgan fingerprint density at radius 1 is 0.964 bits per heavy atom. The average molecular weight is 399 g/mol. The first-order chi connectivity index (χ1) is 13.3. The lowest BCUT2D eigenvalue weighted by molar-refractivity contribution is -0.274. The van der Waals surface area contributed by atoms with E-state index in [1.165, 1.54) is 12.1 Å². The lowest BCUT2D eigenvalue weighted by atomic mass is 10.1. The summed E-state index contributed by atoms with van der Waals surface area (Å²) in [7, 11) is 3.09. The molecule has 9 heteroatoms. The Balaban J connectivity index is 1.74. The fourth-order valence-corrected chi connectivity index (χ4v) is 2.32. The number of amides is 1. The first kappa shape index (κ1) is 21.2. The molecule has 2 aromatic rings. The van der Waals surface area contributed by atoms with Crippen LogP contribution in [-0.2, 0) is 11.2 Å². The molecule has 0 heterocycles. The molecule has 0 spiro atoms. The van der Waals surface area contributed by atoms with Crippen LogP contribution in [-0.4, -0.2) is 39.6 Å². The van der Waals surface area contributed by atoms with Crippen molar-refractivity contribution in [2.45, 2.75) is 12.8 Å². The number of carbonyl (C=O) groups excluding carboxylic acids is 1. The summed E-state index contributed by atoms with van der Waals surface area (Å²) in [5.74, 6) is 0.767. The SMILES string of the molecule is COc1ccc(CCNC(=O)COc2ccc(OC(F)(F)F)cc2)cc1OC. The van der Waals surface area contributed by atoms with Crippen molar-refractivity contribution in [3.63, 3.8) is 0 Å². The maximum Gasteiger partial charge on any atom is 0.573 e. The van der Waals surface area contributed by atoms with Crippen molar-refractivity contribution < 1.29 is 36.9 Å². The van der Waals surface area contributed by atoms with Gasteiger partial charge in [0.1, 0.15) is 11.5 Å². The van der Waals surface area contributed by atoms with Crippen LogP contribution in [0.3, 0.4) is 0 Å². The monoisotopic (exact) mass is 399 g/mol. The Morgan fingerprint density at radius 3 is 2.21 bits per heavy atom. The highest BCUT2D eigenvalue weighted by atomic mass is 19.4. The summed E-state index contributed by atoms with van der Waals surface area (Å²) in [6.45, 7) is 0.126. The summed E-state index contributed by atoms with van der Waals surface area (Å²) in [6.07, 6.45) is -4.17. The van der Waals surface area contributed by atoms with Gasteiger partial charge in [-0.25, -0.2) is 0 Å². The van der Waals surface area contributed by atoms with Crippen LogP contribution in [0, 0.1) is 0 Å². The third-order valence-electron chi connectivity index (χ3n) is 3.61. The van der Waals surface area contributed by atoms with Gasteiger partial charge in [-0.2, -0.15) is 0 Å². The van der Waals surface area contributed by atoms with E-state index < -0.39 is 6.36 Å². The number of rotatable bonds is 9. The Morgan fingerprint density at radius 2 is 1.61 bits per heavy atom. The molecule has 0 aliphatic carbocycles. The number of carbonyl (C=O) groups is 1. The quantitative estimate of drug-likeness (QED) is 0.701. The van der Waals surface area contributed by atoms with Crippen LogP contribution in [0.15, 0.2) is 42.5 Å². The summed E-state index contributed by atoms with van der Waals surface area (Å²) in [4.78, 5) is 11.8. The highest BCUT2D eigenvalue weighted by molar-refractivity contribution is 5.77. The molecule has 0 atom stereocenters. The van der Waals surface area contributed by atoms with Crippen molar-refractivity contribution in [3.8, 4) is 23.0 Å². The van der Waals surface area contributed by atoms with Crippen molar-refractivity contribution in [1.29, 1.82) is 0 Å². The standard InChI is InChI=1S/C19H20F3NO5/c1-25-16-8-3-13(11-17(16)26-2)9-10-23-18(24)12-27-14-4-6-15(7-5-14)28-19(20,21)22/h3-8,11H,9-10,12H2,1-2H3,(H,23,24). The molecule has 0 saturated carbocycles. The molecule has 0 aliphatic rings. The first-order valence-corrected chi connectivity index (χ1v) is 8.27. The second-order valence-electron chi connectivity index (χ2n) is 5.60. The number of nitrogens with one attached hydrogen (secondary N) is 1. The molecule has 152 valence electrons. The molecule has 0 aliphatic heterocycles. The van der Waals surface area contributed by atoms with Gasteiger partial charge in [0.05, 0.1) is 14.2 Å². The fourth-order valence-electron chi connectivity index (χ4n) is 2.32. The molecule has 2 aromatic carbocycles. The second kappa shape index (κ2) is 9.72. The van der Waals surface area contributed by atoms with Crippen LogP contribution in [0.25, 0.3) is 0 Å². The molecule has 1 N–H and O–H groups in total. The van der Waals surface area contributed by atoms with E-state index >= 15 is 0 Å². The van der Waals surface area contributed by atoms with Gasteiger partial charge in [-0.1, -0.05) is 6.07 Å². The third kappa shape index (κ3) is 6.90. The largest absolute Gasteiger partial charge is 0.573 e. The molecule has 2 rings (SSSR count). The van der Waals surface area contributed by atoms with E-state index in [-0.39, 0.29) is 24.0 Å². The van der Waals surface area contributed by atoms with Crippen molar-refractivity contribution >= 4 is 5.91 Å². The molecule has 6 nitrogen and oxygen atoms in total. The minimum Gasteiger partial charge on any atom is -0.493 e. The predicted molar refractivity (Wildman–Crippen MR) is 94.9 cm³/mol. The number of hydrogen-bond donors (Lipinski definition) is 1. The number of methoxy groups -OCH3 is 2. The van der Waals surface area contributed by atoms with E-state index in [2.05, 4.69) is 10.1 Å². The van der Waals surface area contributed by atoms with Gasteiger partial charge in [-0.15, -0.1) is 13.2 Å². The average Bonchev–Trinajstić information content (AvgIpc) is 2.66. The fraction of sp³-hybridized carbons (Fsp3) is 0.316. The second-order valence-corrected chi connectivity index (χ2v) is 5.60. The number of benzene rings is 2. The van der Waals surface area contributed by atoms with Gasteiger partial charge in [0.2, 0.25) is 0 Å². The van der Waals surface area contributed by atoms with Gasteiger partial charge in [0.15, 0.2) is 18.1 Å². The van der Waals surface area contributed by atoms with E-state index in [0.29, 0.717) is 24.5 Å². The third-order valence-corrected chi connectivity index (χ3v) is 3.61. The van der Waals surface area contributed by atoms with E-state index in [1.807, 2.05) is 12.1 Å². The predicted octanol–water partition coefficient (Wildman–Crippen LogP) is 3.34. The molecule has 0 saturated heterocycles. The van der Waals surface area contributed by atoms with Gasteiger partial charge >= 0.3 is 6.36 Å². The van der Waals surface area contributed by atoms with Crippen LogP contribution >= 0.6 is 0 Å². The molecular formula is C19H20F3NO5. The Kier molecular flexibility index (Phi) is 7.36. The van der Waals surface area contributed by atoms with Gasteiger partial charge in [0.25, 0.3) is 5.91 Å². The smallest absolute Gasteiger partial charge is 0.493 e. The molecule has 0 fully saturated rings. The highest BCUT2D eigenvalue weighted by Gasteiger charge is 2.30. The van der Waals surface area contributed by atoms with Crippen molar-refractivity contribution in [2.24, 2.45) is 0 Å². The molecule has 0 radical (unpaired) electrons. The zero-order valence-corrected chi connectivity index (χ0v) is 15.3. The van der Waals surface area contributed by atoms with Crippen molar-refractivity contribution in [2.75, 3.05) is 27.4 Å². The topological polar surface area (TPSA) is 66.0 Å². The molecule has 28 heavy (non-hydrogen) atoms. The number of halogens is 3. The van der Waals surface area contributed by atoms with Crippen molar-refractivity contribution in [1.82, 2.24) is 5.32 Å². The van der Waals surface area contributed by atoms with E-state index in [9.17, 15) is 18.0 Å². The van der Waals surface area contributed by atoms with Crippen LogP contribution in [0.1, 0.15) is 5.56 Å². The number of hydrogen-bond acceptors (Lipinski definition) is 5. The Hall–Kier alpha value is -3.10. The summed E-state index contributed by atoms with van der Waals surface area (Å²) < 4.78 is 55.7. The molecule has 1 amide bonds. The van der Waals surface area contributed by atoms with Crippen molar-refractivity contribution in [3.05, 3.63) is 48.0 Å². The normalized spacial score (nSPS) is 10.9. The molecule has 0 bridgehead atoms. The van der Waals surface area contributed by atoms with E-state index in [0.717, 1.165) is 17.7 Å².